The lowest BCUT2D eigenvalue weighted by atomic mass is 10.2. The Kier molecular flexibility index (Phi) is 3.14. The molecule has 1 fully saturated rings. The quantitative estimate of drug-likeness (QED) is 0.799. The predicted molar refractivity (Wildman–Crippen MR) is 59.6 cm³/mol. The molecule has 2 heterocycles. The number of nitrogens with one attached hydrogen (secondary N) is 1. The first-order valence-corrected chi connectivity index (χ1v) is 5.45. The second-order valence-corrected chi connectivity index (χ2v) is 4.12. The summed E-state index contributed by atoms with van der Waals surface area (Å²) in [5.41, 5.74) is 0.866. The van der Waals surface area contributed by atoms with Crippen LogP contribution in [0.2, 0.25) is 0 Å². The fraction of sp³-hybridized carbons (Fsp3) is 0.545. The van der Waals surface area contributed by atoms with E-state index < -0.39 is 0 Å². The Morgan fingerprint density at radius 2 is 2.38 bits per heavy atom. The molecule has 2 atom stereocenters. The number of amides is 1. The molecule has 0 aromatic carbocycles. The van der Waals surface area contributed by atoms with Gasteiger partial charge in [0.2, 0.25) is 5.91 Å². The van der Waals surface area contributed by atoms with Gasteiger partial charge in [0.15, 0.2) is 0 Å². The number of hydrogen-bond acceptors (Lipinski definition) is 4. The molecule has 2 unspecified atom stereocenters. The van der Waals surface area contributed by atoms with Gasteiger partial charge in [-0.15, -0.1) is 0 Å². The molecule has 0 aliphatic carbocycles. The SMILES string of the molecule is CC(NC1CCN(C)C1=O)c1cnccn1. The first-order chi connectivity index (χ1) is 7.68. The number of nitrogens with zero attached hydrogens (tertiary/aromatic N) is 3. The first kappa shape index (κ1) is 11.0. The third-order valence-electron chi connectivity index (χ3n) is 2.91. The van der Waals surface area contributed by atoms with E-state index in [9.17, 15) is 4.79 Å². The van der Waals surface area contributed by atoms with Crippen LogP contribution in [0, 0.1) is 0 Å². The van der Waals surface area contributed by atoms with E-state index in [1.165, 1.54) is 0 Å². The molecule has 1 amide bonds. The fourth-order valence-electron chi connectivity index (χ4n) is 1.90. The summed E-state index contributed by atoms with van der Waals surface area (Å²) >= 11 is 0. The van der Waals surface area contributed by atoms with Crippen molar-refractivity contribution in [3.8, 4) is 0 Å². The zero-order chi connectivity index (χ0) is 11.5. The van der Waals surface area contributed by atoms with Crippen molar-refractivity contribution in [1.29, 1.82) is 0 Å². The molecule has 5 nitrogen and oxygen atoms in total. The van der Waals surface area contributed by atoms with Crippen LogP contribution in [0.15, 0.2) is 18.6 Å². The van der Waals surface area contributed by atoms with Gasteiger partial charge in [-0.25, -0.2) is 0 Å². The maximum Gasteiger partial charge on any atom is 0.239 e. The van der Waals surface area contributed by atoms with Crippen molar-refractivity contribution in [2.75, 3.05) is 13.6 Å². The van der Waals surface area contributed by atoms with Crippen LogP contribution >= 0.6 is 0 Å². The van der Waals surface area contributed by atoms with E-state index in [2.05, 4.69) is 15.3 Å². The summed E-state index contributed by atoms with van der Waals surface area (Å²) in [6, 6.07) is -0.0313. The average molecular weight is 220 g/mol. The lowest BCUT2D eigenvalue weighted by Crippen LogP contribution is -2.38. The van der Waals surface area contributed by atoms with Gasteiger partial charge in [0.25, 0.3) is 0 Å². The Bertz CT molecular complexity index is 368. The van der Waals surface area contributed by atoms with Crippen LogP contribution in [0.25, 0.3) is 0 Å². The Morgan fingerprint density at radius 1 is 1.56 bits per heavy atom. The summed E-state index contributed by atoms with van der Waals surface area (Å²) < 4.78 is 0. The van der Waals surface area contributed by atoms with Crippen LogP contribution in [0.3, 0.4) is 0 Å². The second-order valence-electron chi connectivity index (χ2n) is 4.12. The molecule has 1 aliphatic rings. The highest BCUT2D eigenvalue weighted by molar-refractivity contribution is 5.83. The number of likely N-dealkylation sites (tertiary alicyclic amines) is 1. The third-order valence-corrected chi connectivity index (χ3v) is 2.91. The highest BCUT2D eigenvalue weighted by Crippen LogP contribution is 2.14. The molecule has 1 aromatic heterocycles. The summed E-state index contributed by atoms with van der Waals surface area (Å²) in [6.07, 6.45) is 5.89. The van der Waals surface area contributed by atoms with Crippen molar-refractivity contribution < 1.29 is 4.79 Å². The topological polar surface area (TPSA) is 58.1 Å². The minimum absolute atomic E-state index is 0.0501. The van der Waals surface area contributed by atoms with Gasteiger partial charge in [0.05, 0.1) is 11.7 Å². The van der Waals surface area contributed by atoms with E-state index in [-0.39, 0.29) is 18.0 Å². The van der Waals surface area contributed by atoms with Gasteiger partial charge in [0, 0.05) is 38.2 Å². The van der Waals surface area contributed by atoms with Crippen LogP contribution in [0.5, 0.6) is 0 Å². The number of carbonyl (C=O) groups excluding carboxylic acids is 1. The van der Waals surface area contributed by atoms with Crippen LogP contribution in [0.4, 0.5) is 0 Å². The van der Waals surface area contributed by atoms with Crippen molar-refractivity contribution in [2.24, 2.45) is 0 Å². The number of aromatic nitrogens is 2. The van der Waals surface area contributed by atoms with E-state index in [4.69, 9.17) is 0 Å². The maximum absolute atomic E-state index is 11.7. The summed E-state index contributed by atoms with van der Waals surface area (Å²) in [5, 5.41) is 3.28. The Hall–Kier alpha value is -1.49. The minimum atomic E-state index is -0.0815. The van der Waals surface area contributed by atoms with E-state index in [1.807, 2.05) is 14.0 Å². The molecular formula is C11H16N4O. The Morgan fingerprint density at radius 3 is 2.94 bits per heavy atom. The molecule has 86 valence electrons. The van der Waals surface area contributed by atoms with Crippen molar-refractivity contribution in [2.45, 2.75) is 25.4 Å². The Labute approximate surface area is 94.9 Å². The zero-order valence-electron chi connectivity index (χ0n) is 9.55. The van der Waals surface area contributed by atoms with E-state index >= 15 is 0 Å². The second kappa shape index (κ2) is 4.57. The molecule has 0 saturated carbocycles. The average Bonchev–Trinajstić information content (AvgIpc) is 2.62. The number of carbonyl (C=O) groups is 1. The van der Waals surface area contributed by atoms with Crippen molar-refractivity contribution >= 4 is 5.91 Å². The van der Waals surface area contributed by atoms with Crippen LogP contribution in [-0.4, -0.2) is 40.4 Å². The molecule has 0 bridgehead atoms. The molecule has 0 spiro atoms. The van der Waals surface area contributed by atoms with E-state index in [0.29, 0.717) is 0 Å². The lowest BCUT2D eigenvalue weighted by molar-refractivity contribution is -0.128. The van der Waals surface area contributed by atoms with Gasteiger partial charge in [0.1, 0.15) is 0 Å². The summed E-state index contributed by atoms with van der Waals surface area (Å²) in [6.45, 7) is 2.82. The largest absolute Gasteiger partial charge is 0.344 e. The summed E-state index contributed by atoms with van der Waals surface area (Å²) in [7, 11) is 1.83. The third kappa shape index (κ3) is 2.19. The smallest absolute Gasteiger partial charge is 0.239 e. The Balaban J connectivity index is 1.98. The molecule has 5 heteroatoms. The normalized spacial score (nSPS) is 22.5. The maximum atomic E-state index is 11.7. The summed E-state index contributed by atoms with van der Waals surface area (Å²) in [5.74, 6) is 0.163. The molecular weight excluding hydrogens is 204 g/mol. The summed E-state index contributed by atoms with van der Waals surface area (Å²) in [4.78, 5) is 21.7. The number of likely N-dealkylation sites (N-methyl/N-ethyl adjacent to an activating group) is 1. The van der Waals surface area contributed by atoms with Crippen molar-refractivity contribution in [1.82, 2.24) is 20.2 Å². The highest BCUT2D eigenvalue weighted by atomic mass is 16.2. The monoisotopic (exact) mass is 220 g/mol. The minimum Gasteiger partial charge on any atom is -0.344 e. The van der Waals surface area contributed by atoms with Crippen molar-refractivity contribution in [3.63, 3.8) is 0 Å². The molecule has 1 saturated heterocycles. The number of rotatable bonds is 3. The van der Waals surface area contributed by atoms with Gasteiger partial charge < -0.3 is 4.90 Å². The van der Waals surface area contributed by atoms with Crippen LogP contribution < -0.4 is 5.32 Å². The van der Waals surface area contributed by atoms with Crippen LogP contribution in [-0.2, 0) is 4.79 Å². The molecule has 1 aliphatic heterocycles. The lowest BCUT2D eigenvalue weighted by Gasteiger charge is -2.17. The van der Waals surface area contributed by atoms with Gasteiger partial charge in [-0.1, -0.05) is 0 Å². The molecule has 0 radical (unpaired) electrons. The van der Waals surface area contributed by atoms with Gasteiger partial charge in [-0.05, 0) is 13.3 Å². The molecule has 1 aromatic rings. The molecule has 2 rings (SSSR count). The standard InChI is InChI=1S/C11H16N4O/c1-8(10-7-12-4-5-13-10)14-9-3-6-15(2)11(9)16/h4-5,7-9,14H,3,6H2,1-2H3. The van der Waals surface area contributed by atoms with E-state index in [1.54, 1.807) is 23.5 Å². The molecule has 16 heavy (non-hydrogen) atoms. The number of hydrogen-bond donors (Lipinski definition) is 1. The van der Waals surface area contributed by atoms with E-state index in [0.717, 1.165) is 18.7 Å². The van der Waals surface area contributed by atoms with Gasteiger partial charge in [-0.2, -0.15) is 0 Å². The highest BCUT2D eigenvalue weighted by Gasteiger charge is 2.30. The molecule has 1 N–H and O–H groups in total. The van der Waals surface area contributed by atoms with Crippen molar-refractivity contribution in [3.05, 3.63) is 24.3 Å². The fourth-order valence-corrected chi connectivity index (χ4v) is 1.90. The van der Waals surface area contributed by atoms with Crippen LogP contribution in [0.1, 0.15) is 25.1 Å². The zero-order valence-corrected chi connectivity index (χ0v) is 9.55. The predicted octanol–water partition coefficient (Wildman–Crippen LogP) is 0.358. The first-order valence-electron chi connectivity index (χ1n) is 5.45. The van der Waals surface area contributed by atoms with Gasteiger partial charge in [-0.3, -0.25) is 20.1 Å². The van der Waals surface area contributed by atoms with Gasteiger partial charge >= 0.3 is 0 Å².